The molecular formula is C20H23N3O5. The summed E-state index contributed by atoms with van der Waals surface area (Å²) in [5.74, 6) is 0.0857. The van der Waals surface area contributed by atoms with Crippen LogP contribution in [0.15, 0.2) is 34.9 Å². The summed E-state index contributed by atoms with van der Waals surface area (Å²) in [6.45, 7) is 4.52. The van der Waals surface area contributed by atoms with Crippen molar-refractivity contribution in [3.63, 3.8) is 0 Å². The van der Waals surface area contributed by atoms with Crippen LogP contribution in [0.5, 0.6) is 0 Å². The summed E-state index contributed by atoms with van der Waals surface area (Å²) in [6, 6.07) is 10.1. The number of aromatic nitrogens is 1. The van der Waals surface area contributed by atoms with Crippen LogP contribution in [0.2, 0.25) is 0 Å². The SMILES string of the molecule is COC(=O)c1noc(C)c1CN1CCN2C(=O)OCC2(Cc2ccccc2)C1. The predicted molar refractivity (Wildman–Crippen MR) is 98.8 cm³/mol. The molecule has 1 atom stereocenters. The molecule has 2 aliphatic rings. The number of hydrogen-bond acceptors (Lipinski definition) is 7. The van der Waals surface area contributed by atoms with Crippen LogP contribution in [-0.2, 0) is 22.4 Å². The molecule has 148 valence electrons. The summed E-state index contributed by atoms with van der Waals surface area (Å²) < 4.78 is 15.4. The van der Waals surface area contributed by atoms with E-state index in [1.165, 1.54) is 7.11 Å². The van der Waals surface area contributed by atoms with E-state index in [2.05, 4.69) is 22.2 Å². The smallest absolute Gasteiger partial charge is 0.410 e. The van der Waals surface area contributed by atoms with Crippen LogP contribution in [0.1, 0.15) is 27.4 Å². The number of aryl methyl sites for hydroxylation is 1. The zero-order valence-corrected chi connectivity index (χ0v) is 16.0. The van der Waals surface area contributed by atoms with Crippen molar-refractivity contribution in [2.45, 2.75) is 25.4 Å². The van der Waals surface area contributed by atoms with Crippen molar-refractivity contribution < 1.29 is 23.6 Å². The maximum atomic E-state index is 12.3. The lowest BCUT2D eigenvalue weighted by Gasteiger charge is -2.44. The molecule has 28 heavy (non-hydrogen) atoms. The molecule has 0 bridgehead atoms. The van der Waals surface area contributed by atoms with Crippen molar-refractivity contribution in [3.8, 4) is 0 Å². The average molecular weight is 385 g/mol. The van der Waals surface area contributed by atoms with Gasteiger partial charge in [0.05, 0.1) is 12.6 Å². The number of rotatable bonds is 5. The van der Waals surface area contributed by atoms with E-state index in [0.29, 0.717) is 45.0 Å². The molecule has 2 aromatic rings. The molecule has 0 spiro atoms. The Bertz CT molecular complexity index is 881. The summed E-state index contributed by atoms with van der Waals surface area (Å²) in [5, 5.41) is 3.85. The van der Waals surface area contributed by atoms with Crippen LogP contribution >= 0.6 is 0 Å². The number of methoxy groups -OCH3 is 1. The average Bonchev–Trinajstić information content (AvgIpc) is 3.22. The van der Waals surface area contributed by atoms with E-state index in [4.69, 9.17) is 14.0 Å². The van der Waals surface area contributed by atoms with Gasteiger partial charge >= 0.3 is 12.1 Å². The summed E-state index contributed by atoms with van der Waals surface area (Å²) in [4.78, 5) is 28.3. The second-order valence-corrected chi connectivity index (χ2v) is 7.36. The number of carbonyl (C=O) groups is 2. The minimum Gasteiger partial charge on any atom is -0.464 e. The molecule has 8 nitrogen and oxygen atoms in total. The van der Waals surface area contributed by atoms with Crippen molar-refractivity contribution in [2.24, 2.45) is 0 Å². The minimum absolute atomic E-state index is 0.207. The van der Waals surface area contributed by atoms with Gasteiger partial charge in [0, 0.05) is 38.2 Å². The standard InChI is InChI=1S/C20H23N3O5/c1-14-16(17(21-28-14)18(24)26-2)11-22-8-9-23-19(25)27-13-20(23,12-22)10-15-6-4-3-5-7-15/h3-7H,8-13H2,1-2H3. The molecule has 3 heterocycles. The number of carbonyl (C=O) groups excluding carboxylic acids is 2. The van der Waals surface area contributed by atoms with Gasteiger partial charge in [-0.2, -0.15) is 0 Å². The Labute approximate surface area is 163 Å². The van der Waals surface area contributed by atoms with Gasteiger partial charge in [-0.1, -0.05) is 35.5 Å². The van der Waals surface area contributed by atoms with E-state index in [1.54, 1.807) is 6.92 Å². The molecule has 1 aromatic heterocycles. The van der Waals surface area contributed by atoms with Crippen molar-refractivity contribution >= 4 is 12.1 Å². The molecule has 8 heteroatoms. The second kappa shape index (κ2) is 7.27. The largest absolute Gasteiger partial charge is 0.464 e. The molecule has 2 fully saturated rings. The third-order valence-corrected chi connectivity index (χ3v) is 5.54. The molecule has 2 aliphatic heterocycles. The van der Waals surface area contributed by atoms with E-state index < -0.39 is 11.5 Å². The highest BCUT2D eigenvalue weighted by Gasteiger charge is 2.50. The Balaban J connectivity index is 1.58. The highest BCUT2D eigenvalue weighted by molar-refractivity contribution is 5.88. The van der Waals surface area contributed by atoms with Gasteiger partial charge in [0.15, 0.2) is 5.69 Å². The van der Waals surface area contributed by atoms with Crippen LogP contribution < -0.4 is 0 Å². The second-order valence-electron chi connectivity index (χ2n) is 7.36. The number of esters is 1. The third-order valence-electron chi connectivity index (χ3n) is 5.54. The lowest BCUT2D eigenvalue weighted by molar-refractivity contribution is 0.0467. The Hall–Kier alpha value is -2.87. The van der Waals surface area contributed by atoms with Crippen LogP contribution in [0.3, 0.4) is 0 Å². The zero-order valence-electron chi connectivity index (χ0n) is 16.0. The molecule has 0 aliphatic carbocycles. The number of piperazine rings is 1. The van der Waals surface area contributed by atoms with E-state index >= 15 is 0 Å². The van der Waals surface area contributed by atoms with Crippen molar-refractivity contribution in [3.05, 3.63) is 52.9 Å². The molecule has 0 radical (unpaired) electrons. The predicted octanol–water partition coefficient (Wildman–Crippen LogP) is 2.02. The molecule has 0 saturated carbocycles. The van der Waals surface area contributed by atoms with Crippen LogP contribution in [0.25, 0.3) is 0 Å². The molecule has 1 aromatic carbocycles. The molecule has 1 amide bonds. The minimum atomic E-state index is -0.510. The molecule has 1 unspecified atom stereocenters. The molecule has 0 N–H and O–H groups in total. The van der Waals surface area contributed by atoms with E-state index in [-0.39, 0.29) is 11.8 Å². The summed E-state index contributed by atoms with van der Waals surface area (Å²) in [7, 11) is 1.32. The highest BCUT2D eigenvalue weighted by atomic mass is 16.6. The first-order chi connectivity index (χ1) is 13.5. The quantitative estimate of drug-likeness (QED) is 0.728. The maximum absolute atomic E-state index is 12.3. The first-order valence-electron chi connectivity index (χ1n) is 9.26. The molecular weight excluding hydrogens is 362 g/mol. The summed E-state index contributed by atoms with van der Waals surface area (Å²) in [5.41, 5.74) is 1.66. The Morgan fingerprint density at radius 1 is 1.29 bits per heavy atom. The van der Waals surface area contributed by atoms with E-state index in [9.17, 15) is 9.59 Å². The monoisotopic (exact) mass is 385 g/mol. The lowest BCUT2D eigenvalue weighted by Crippen LogP contribution is -2.62. The zero-order chi connectivity index (χ0) is 19.7. The Morgan fingerprint density at radius 3 is 2.82 bits per heavy atom. The summed E-state index contributed by atoms with van der Waals surface area (Å²) in [6.07, 6.45) is 0.453. The third kappa shape index (κ3) is 3.24. The number of benzene rings is 1. The fourth-order valence-electron chi connectivity index (χ4n) is 4.11. The van der Waals surface area contributed by atoms with Crippen molar-refractivity contribution in [2.75, 3.05) is 33.4 Å². The van der Waals surface area contributed by atoms with Gasteiger partial charge in [-0.15, -0.1) is 0 Å². The maximum Gasteiger partial charge on any atom is 0.410 e. The number of hydrogen-bond donors (Lipinski definition) is 0. The van der Waals surface area contributed by atoms with Gasteiger partial charge in [-0.3, -0.25) is 9.80 Å². The number of nitrogens with zero attached hydrogens (tertiary/aromatic N) is 3. The van der Waals surface area contributed by atoms with Gasteiger partial charge in [-0.05, 0) is 12.5 Å². The lowest BCUT2D eigenvalue weighted by atomic mass is 9.88. The highest BCUT2D eigenvalue weighted by Crippen LogP contribution is 2.33. The van der Waals surface area contributed by atoms with Crippen LogP contribution in [0.4, 0.5) is 4.79 Å². The first kappa shape index (κ1) is 18.5. The van der Waals surface area contributed by atoms with Gasteiger partial charge in [-0.25, -0.2) is 9.59 Å². The van der Waals surface area contributed by atoms with Crippen LogP contribution in [0, 0.1) is 6.92 Å². The van der Waals surface area contributed by atoms with Gasteiger partial charge in [0.2, 0.25) is 0 Å². The summed E-state index contributed by atoms with van der Waals surface area (Å²) >= 11 is 0. The Kier molecular flexibility index (Phi) is 4.80. The topological polar surface area (TPSA) is 85.1 Å². The fourth-order valence-corrected chi connectivity index (χ4v) is 4.11. The van der Waals surface area contributed by atoms with Gasteiger partial charge in [0.1, 0.15) is 12.4 Å². The number of amides is 1. The van der Waals surface area contributed by atoms with E-state index in [0.717, 1.165) is 11.1 Å². The number of ether oxygens (including phenoxy) is 2. The Morgan fingerprint density at radius 2 is 2.07 bits per heavy atom. The first-order valence-corrected chi connectivity index (χ1v) is 9.26. The van der Waals surface area contributed by atoms with Crippen LogP contribution in [-0.4, -0.2) is 65.9 Å². The van der Waals surface area contributed by atoms with Crippen molar-refractivity contribution in [1.29, 1.82) is 0 Å². The molecule has 2 saturated heterocycles. The van der Waals surface area contributed by atoms with Crippen molar-refractivity contribution in [1.82, 2.24) is 15.0 Å². The molecule has 4 rings (SSSR count). The number of fused-ring (bicyclic) bond motifs is 1. The fraction of sp³-hybridized carbons (Fsp3) is 0.450. The van der Waals surface area contributed by atoms with Gasteiger partial charge < -0.3 is 14.0 Å². The van der Waals surface area contributed by atoms with E-state index in [1.807, 2.05) is 23.1 Å². The number of cyclic esters (lactones) is 1. The normalized spacial score (nSPS) is 22.1. The van der Waals surface area contributed by atoms with Gasteiger partial charge in [0.25, 0.3) is 0 Å².